The highest BCUT2D eigenvalue weighted by atomic mass is 16.5. The fraction of sp³-hybridized carbons (Fsp3) is 0.750. The van der Waals surface area contributed by atoms with Crippen LogP contribution in [0.4, 0.5) is 0 Å². The van der Waals surface area contributed by atoms with Crippen LogP contribution in [0.1, 0.15) is 33.6 Å². The van der Waals surface area contributed by atoms with Gasteiger partial charge in [0.1, 0.15) is 6.10 Å². The lowest BCUT2D eigenvalue weighted by atomic mass is 9.89. The van der Waals surface area contributed by atoms with E-state index in [1.807, 2.05) is 0 Å². The fourth-order valence-electron chi connectivity index (χ4n) is 2.94. The van der Waals surface area contributed by atoms with E-state index in [2.05, 4.69) is 20.4 Å². The topological polar surface area (TPSA) is 26.3 Å². The van der Waals surface area contributed by atoms with E-state index < -0.39 is 0 Å². The molecule has 0 bridgehead atoms. The number of rotatable bonds is 2. The summed E-state index contributed by atoms with van der Waals surface area (Å²) in [5.41, 5.74) is 1.56. The van der Waals surface area contributed by atoms with Gasteiger partial charge < -0.3 is 4.74 Å². The molecule has 2 heteroatoms. The van der Waals surface area contributed by atoms with Crippen molar-refractivity contribution in [1.82, 2.24) is 0 Å². The van der Waals surface area contributed by atoms with Gasteiger partial charge in [0.05, 0.1) is 0 Å². The SMILES string of the molecule is C=C1C2C[C@@]2(C(C)C)C[C@H]1OC(C)=O. The Labute approximate surface area is 85.3 Å². The van der Waals surface area contributed by atoms with Crippen molar-refractivity contribution in [2.75, 3.05) is 0 Å². The van der Waals surface area contributed by atoms with E-state index in [-0.39, 0.29) is 12.1 Å². The van der Waals surface area contributed by atoms with Gasteiger partial charge in [0.2, 0.25) is 0 Å². The van der Waals surface area contributed by atoms with Crippen LogP contribution in [0.25, 0.3) is 0 Å². The fourth-order valence-corrected chi connectivity index (χ4v) is 2.94. The largest absolute Gasteiger partial charge is 0.458 e. The lowest BCUT2D eigenvalue weighted by Gasteiger charge is -2.19. The van der Waals surface area contributed by atoms with E-state index in [4.69, 9.17) is 4.74 Å². The van der Waals surface area contributed by atoms with Crippen LogP contribution in [0.15, 0.2) is 12.2 Å². The average molecular weight is 194 g/mol. The zero-order valence-electron chi connectivity index (χ0n) is 9.17. The summed E-state index contributed by atoms with van der Waals surface area (Å²) in [5, 5.41) is 0. The molecule has 2 saturated carbocycles. The lowest BCUT2D eigenvalue weighted by molar-refractivity contribution is -0.144. The van der Waals surface area contributed by atoms with Gasteiger partial charge in [0.25, 0.3) is 0 Å². The normalized spacial score (nSPS) is 39.9. The van der Waals surface area contributed by atoms with Crippen LogP contribution >= 0.6 is 0 Å². The second kappa shape index (κ2) is 2.85. The molecule has 0 aromatic rings. The van der Waals surface area contributed by atoms with Crippen LogP contribution in [0, 0.1) is 17.3 Å². The summed E-state index contributed by atoms with van der Waals surface area (Å²) >= 11 is 0. The predicted octanol–water partition coefficient (Wildman–Crippen LogP) is 2.54. The Morgan fingerprint density at radius 2 is 2.21 bits per heavy atom. The summed E-state index contributed by atoms with van der Waals surface area (Å²) in [6, 6.07) is 0. The van der Waals surface area contributed by atoms with Crippen molar-refractivity contribution in [3.63, 3.8) is 0 Å². The highest BCUT2D eigenvalue weighted by Crippen LogP contribution is 2.69. The first-order chi connectivity index (χ1) is 6.47. The number of esters is 1. The van der Waals surface area contributed by atoms with Crippen LogP contribution in [0.5, 0.6) is 0 Å². The Kier molecular flexibility index (Phi) is 1.98. The second-order valence-corrected chi connectivity index (χ2v) is 5.02. The molecule has 2 nitrogen and oxygen atoms in total. The second-order valence-electron chi connectivity index (χ2n) is 5.02. The first kappa shape index (κ1) is 9.75. The molecule has 78 valence electrons. The minimum Gasteiger partial charge on any atom is -0.458 e. The zero-order chi connectivity index (χ0) is 10.5. The van der Waals surface area contributed by atoms with Crippen molar-refractivity contribution < 1.29 is 9.53 Å². The van der Waals surface area contributed by atoms with Crippen LogP contribution in [-0.2, 0) is 9.53 Å². The molecule has 0 radical (unpaired) electrons. The summed E-state index contributed by atoms with van der Waals surface area (Å²) in [6.07, 6.45) is 2.24. The van der Waals surface area contributed by atoms with Gasteiger partial charge in [-0.2, -0.15) is 0 Å². The van der Waals surface area contributed by atoms with Gasteiger partial charge in [-0.3, -0.25) is 4.79 Å². The van der Waals surface area contributed by atoms with Gasteiger partial charge in [-0.05, 0) is 35.7 Å². The number of hydrogen-bond acceptors (Lipinski definition) is 2. The molecule has 2 fully saturated rings. The smallest absolute Gasteiger partial charge is 0.303 e. The Morgan fingerprint density at radius 1 is 1.57 bits per heavy atom. The summed E-state index contributed by atoms with van der Waals surface area (Å²) in [7, 11) is 0. The van der Waals surface area contributed by atoms with Crippen molar-refractivity contribution in [2.45, 2.75) is 39.7 Å². The number of carbonyl (C=O) groups is 1. The van der Waals surface area contributed by atoms with E-state index in [0.717, 1.165) is 12.0 Å². The Hall–Kier alpha value is -0.790. The molecule has 0 N–H and O–H groups in total. The standard InChI is InChI=1S/C12H18O2/c1-7(2)12-5-10(12)8(3)11(6-12)14-9(4)13/h7,10-11H,3,5-6H2,1-2,4H3/t10?,11-,12+/m1/s1. The molecule has 2 aliphatic rings. The van der Waals surface area contributed by atoms with E-state index >= 15 is 0 Å². The van der Waals surface area contributed by atoms with Crippen molar-refractivity contribution in [1.29, 1.82) is 0 Å². The van der Waals surface area contributed by atoms with Gasteiger partial charge in [0, 0.05) is 6.92 Å². The third kappa shape index (κ3) is 1.20. The number of hydrogen-bond donors (Lipinski definition) is 0. The zero-order valence-corrected chi connectivity index (χ0v) is 9.17. The monoisotopic (exact) mass is 194 g/mol. The minimum absolute atomic E-state index is 0.00588. The molecule has 0 aliphatic heterocycles. The maximum absolute atomic E-state index is 10.9. The van der Waals surface area contributed by atoms with Gasteiger partial charge in [0.15, 0.2) is 0 Å². The van der Waals surface area contributed by atoms with Crippen molar-refractivity contribution in [3.05, 3.63) is 12.2 Å². The van der Waals surface area contributed by atoms with Crippen LogP contribution in [0.3, 0.4) is 0 Å². The van der Waals surface area contributed by atoms with Crippen molar-refractivity contribution in [3.8, 4) is 0 Å². The first-order valence-corrected chi connectivity index (χ1v) is 5.33. The molecular weight excluding hydrogens is 176 g/mol. The first-order valence-electron chi connectivity index (χ1n) is 5.33. The van der Waals surface area contributed by atoms with E-state index in [9.17, 15) is 4.79 Å². The van der Waals surface area contributed by atoms with Crippen molar-refractivity contribution >= 4 is 5.97 Å². The highest BCUT2D eigenvalue weighted by Gasteiger charge is 2.64. The molecule has 0 heterocycles. The highest BCUT2D eigenvalue weighted by molar-refractivity contribution is 5.66. The summed E-state index contributed by atoms with van der Waals surface area (Å²) in [6.45, 7) is 10.0. The maximum Gasteiger partial charge on any atom is 0.303 e. The molecule has 1 unspecified atom stereocenters. The third-order valence-electron chi connectivity index (χ3n) is 4.00. The minimum atomic E-state index is -0.184. The van der Waals surface area contributed by atoms with Crippen molar-refractivity contribution in [2.24, 2.45) is 17.3 Å². The third-order valence-corrected chi connectivity index (χ3v) is 4.00. The predicted molar refractivity (Wildman–Crippen MR) is 54.7 cm³/mol. The molecule has 2 rings (SSSR count). The molecule has 3 atom stereocenters. The van der Waals surface area contributed by atoms with E-state index in [0.29, 0.717) is 17.3 Å². The Balaban J connectivity index is 2.07. The summed E-state index contributed by atoms with van der Waals surface area (Å²) in [4.78, 5) is 10.9. The molecule has 2 aliphatic carbocycles. The van der Waals surface area contributed by atoms with Crippen LogP contribution < -0.4 is 0 Å². The molecule has 0 saturated heterocycles. The molecule has 0 spiro atoms. The van der Waals surface area contributed by atoms with Gasteiger partial charge >= 0.3 is 5.97 Å². The molecule has 0 aromatic heterocycles. The molecule has 0 aromatic carbocycles. The summed E-state index contributed by atoms with van der Waals surface area (Å²) in [5.74, 6) is 1.10. The molecule has 0 amide bonds. The average Bonchev–Trinajstić information content (AvgIpc) is 2.71. The van der Waals surface area contributed by atoms with Gasteiger partial charge in [-0.1, -0.05) is 20.4 Å². The quantitative estimate of drug-likeness (QED) is 0.499. The lowest BCUT2D eigenvalue weighted by Crippen LogP contribution is -2.19. The van der Waals surface area contributed by atoms with Crippen LogP contribution in [0.2, 0.25) is 0 Å². The summed E-state index contributed by atoms with van der Waals surface area (Å²) < 4.78 is 5.26. The van der Waals surface area contributed by atoms with E-state index in [1.165, 1.54) is 13.3 Å². The van der Waals surface area contributed by atoms with Gasteiger partial charge in [-0.25, -0.2) is 0 Å². The van der Waals surface area contributed by atoms with Gasteiger partial charge in [-0.15, -0.1) is 0 Å². The maximum atomic E-state index is 10.9. The number of carbonyl (C=O) groups excluding carboxylic acids is 1. The molecular formula is C12H18O2. The Morgan fingerprint density at radius 3 is 2.64 bits per heavy atom. The number of fused-ring (bicyclic) bond motifs is 1. The Bertz CT molecular complexity index is 293. The van der Waals surface area contributed by atoms with E-state index in [1.54, 1.807) is 0 Å². The number of ether oxygens (including phenoxy) is 1. The van der Waals surface area contributed by atoms with Crippen LogP contribution in [-0.4, -0.2) is 12.1 Å². The molecule has 14 heavy (non-hydrogen) atoms.